The molecule has 0 fully saturated rings. The summed E-state index contributed by atoms with van der Waals surface area (Å²) >= 11 is 0. The van der Waals surface area contributed by atoms with Gasteiger partial charge in [0.05, 0.1) is 11.4 Å². The van der Waals surface area contributed by atoms with Crippen LogP contribution in [0.5, 0.6) is 23.0 Å². The van der Waals surface area contributed by atoms with Crippen LogP contribution in [0, 0.1) is 0 Å². The van der Waals surface area contributed by atoms with E-state index in [1.807, 2.05) is 0 Å². The third-order valence-corrected chi connectivity index (χ3v) is 22.5. The van der Waals surface area contributed by atoms with E-state index >= 15 is 0 Å². The van der Waals surface area contributed by atoms with Crippen LogP contribution in [0.15, 0.2) is 309 Å². The van der Waals surface area contributed by atoms with E-state index in [0.29, 0.717) is 0 Å². The van der Waals surface area contributed by atoms with Gasteiger partial charge in [-0.05, 0) is 158 Å². The van der Waals surface area contributed by atoms with E-state index in [2.05, 4.69) is 347 Å². The predicted octanol–water partition coefficient (Wildman–Crippen LogP) is 16.0. The number of fused-ring (bicyclic) bond motifs is 10. The van der Waals surface area contributed by atoms with Crippen LogP contribution < -0.4 is 77.1 Å². The molecule has 0 saturated heterocycles. The van der Waals surface area contributed by atoms with Crippen molar-refractivity contribution >= 4 is 150 Å². The summed E-state index contributed by atoms with van der Waals surface area (Å²) in [6.45, 7) is 4.61. The summed E-state index contributed by atoms with van der Waals surface area (Å²) in [6, 6.07) is 113. The molecule has 0 radical (unpaired) electrons. The van der Waals surface area contributed by atoms with Gasteiger partial charge in [0.25, 0.3) is 13.4 Å². The Labute approximate surface area is 526 Å². The molecule has 0 atom stereocenters. The van der Waals surface area contributed by atoms with E-state index in [0.717, 1.165) is 124 Å². The highest BCUT2D eigenvalue weighted by Gasteiger charge is 2.49. The van der Waals surface area contributed by atoms with E-state index < -0.39 is 8.07 Å². The van der Waals surface area contributed by atoms with Crippen LogP contribution in [0.3, 0.4) is 0 Å². The highest BCUT2D eigenvalue weighted by molar-refractivity contribution is 7.05. The number of nitrogens with zero attached hydrogens (tertiary/aromatic N) is 5. The molecular formula is C80H57B2N5O2Si. The van der Waals surface area contributed by atoms with Gasteiger partial charge in [0.15, 0.2) is 0 Å². The highest BCUT2D eigenvalue weighted by atomic mass is 28.3. The number of rotatable bonds is 9. The van der Waals surface area contributed by atoms with Crippen LogP contribution in [-0.2, 0) is 0 Å². The topological polar surface area (TPSA) is 34.7 Å². The first-order valence-electron chi connectivity index (χ1n) is 31.1. The number of para-hydroxylation sites is 9. The van der Waals surface area contributed by atoms with Crippen LogP contribution in [0.25, 0.3) is 0 Å². The lowest BCUT2D eigenvalue weighted by atomic mass is 9.31. The van der Waals surface area contributed by atoms with Gasteiger partial charge in [-0.2, -0.15) is 0 Å². The maximum Gasteiger partial charge on any atom is 0.256 e. The molecule has 0 aliphatic carbocycles. The van der Waals surface area contributed by atoms with Crippen molar-refractivity contribution in [1.82, 2.24) is 0 Å². The SMILES string of the molecule is C[Si]1(C)c2ccccc2N(c2ccccc2)c2cc3c(cc21)B1c2cc4c(cc2N(c2ccccc2)c2cc(N(c5ccccc5)c5ccccc5)cc(c21)O3)N(c1ccccc1)c1cc(N(c2ccccc2)c2ccccc2)cc2c1B4c1ccccc1O2. The second kappa shape index (κ2) is 20.5. The van der Waals surface area contributed by atoms with E-state index in [-0.39, 0.29) is 13.4 Å². The second-order valence-corrected chi connectivity index (χ2v) is 28.7. The lowest BCUT2D eigenvalue weighted by molar-refractivity contribution is 0.487. The van der Waals surface area contributed by atoms with E-state index in [4.69, 9.17) is 9.47 Å². The normalized spacial score (nSPS) is 13.8. The lowest BCUT2D eigenvalue weighted by Gasteiger charge is -2.46. The van der Waals surface area contributed by atoms with Crippen LogP contribution >= 0.6 is 0 Å². The first kappa shape index (κ1) is 52.0. The van der Waals surface area contributed by atoms with E-state index in [1.165, 1.54) is 27.0 Å². The van der Waals surface area contributed by atoms with Crippen LogP contribution in [0.1, 0.15) is 0 Å². The molecule has 424 valence electrons. The molecule has 7 nitrogen and oxygen atoms in total. The monoisotopic (exact) mass is 1170 g/mol. The minimum Gasteiger partial charge on any atom is -0.458 e. The van der Waals surface area contributed by atoms with Crippen molar-refractivity contribution in [1.29, 1.82) is 0 Å². The molecule has 5 heterocycles. The molecule has 0 aromatic heterocycles. The third-order valence-electron chi connectivity index (χ3n) is 19.0. The lowest BCUT2D eigenvalue weighted by Crippen LogP contribution is -2.65. The third kappa shape index (κ3) is 8.01. The molecule has 13 aromatic rings. The fraction of sp³-hybridized carbons (Fsp3) is 0.0250. The number of ether oxygens (including phenoxy) is 2. The van der Waals surface area contributed by atoms with Crippen LogP contribution in [0.2, 0.25) is 13.1 Å². The van der Waals surface area contributed by atoms with Gasteiger partial charge in [0.1, 0.15) is 31.1 Å². The summed E-state index contributed by atoms with van der Waals surface area (Å²) in [7, 11) is -2.41. The van der Waals surface area contributed by atoms with Crippen molar-refractivity contribution in [2.75, 3.05) is 24.5 Å². The van der Waals surface area contributed by atoms with Crippen LogP contribution in [-0.4, -0.2) is 21.5 Å². The molecule has 0 unspecified atom stereocenters. The standard InChI is InChI=1S/C80H57B2N5O2Si/c1-90(2)77-45-27-25-43-67(77)85(58-36-18-7-19-37-58)70-53-74-66(51-78(70)90)82-65-50-64-68(52-69(65)87(60-40-22-9-23-41-60)72-47-62(49-76(89-74)80(72)82)84(56-32-14-5-15-33-56)57-34-16-6-17-35-57)86(59-38-20-8-21-39-59)71-46-61(48-75-79(71)81(64)63-42-24-26-44-73(63)88-75)83(54-28-10-3-11-29-54)55-30-12-4-13-31-55/h3-53H,1-2H3. The van der Waals surface area contributed by atoms with Gasteiger partial charge in [-0.1, -0.05) is 189 Å². The minimum absolute atomic E-state index is 0.194. The molecule has 10 heteroatoms. The zero-order valence-electron chi connectivity index (χ0n) is 49.7. The van der Waals surface area contributed by atoms with Crippen molar-refractivity contribution in [3.63, 3.8) is 0 Å². The Morgan fingerprint density at radius 3 is 1.13 bits per heavy atom. The quantitative estimate of drug-likeness (QED) is 0.133. The molecule has 0 N–H and O–H groups in total. The number of anilines is 15. The van der Waals surface area contributed by atoms with Gasteiger partial charge in [0, 0.05) is 92.1 Å². The molecule has 0 saturated carbocycles. The zero-order chi connectivity index (χ0) is 59.6. The van der Waals surface area contributed by atoms with Crippen LogP contribution in [0.4, 0.5) is 85.3 Å². The molecule has 0 bridgehead atoms. The Morgan fingerprint density at radius 1 is 0.267 bits per heavy atom. The predicted molar refractivity (Wildman–Crippen MR) is 379 cm³/mol. The summed E-state index contributed by atoms with van der Waals surface area (Å²) in [6.07, 6.45) is 0. The number of hydrogen-bond donors (Lipinski definition) is 0. The summed E-state index contributed by atoms with van der Waals surface area (Å²) in [5, 5.41) is 2.79. The van der Waals surface area contributed by atoms with Gasteiger partial charge in [-0.25, -0.2) is 0 Å². The summed E-state index contributed by atoms with van der Waals surface area (Å²) < 4.78 is 15.0. The van der Waals surface area contributed by atoms with Crippen molar-refractivity contribution in [2.24, 2.45) is 0 Å². The Balaban J connectivity index is 0.946. The minimum atomic E-state index is -2.41. The Hall–Kier alpha value is -11.2. The first-order valence-corrected chi connectivity index (χ1v) is 34.1. The Kier molecular flexibility index (Phi) is 11.8. The summed E-state index contributed by atoms with van der Waals surface area (Å²) in [4.78, 5) is 12.2. The van der Waals surface area contributed by atoms with Gasteiger partial charge < -0.3 is 34.0 Å². The van der Waals surface area contributed by atoms with Gasteiger partial charge in [-0.3, -0.25) is 0 Å². The molecular weight excluding hydrogens is 1110 g/mol. The molecule has 90 heavy (non-hydrogen) atoms. The summed E-state index contributed by atoms with van der Waals surface area (Å²) in [5.41, 5.74) is 23.1. The molecule has 13 aromatic carbocycles. The molecule has 5 aliphatic rings. The van der Waals surface area contributed by atoms with Crippen molar-refractivity contribution in [3.8, 4) is 23.0 Å². The van der Waals surface area contributed by atoms with Crippen molar-refractivity contribution in [2.45, 2.75) is 13.1 Å². The summed E-state index contributed by atoms with van der Waals surface area (Å²) in [5.74, 6) is 3.36. The fourth-order valence-electron chi connectivity index (χ4n) is 15.1. The highest BCUT2D eigenvalue weighted by Crippen LogP contribution is 2.51. The van der Waals surface area contributed by atoms with Crippen molar-refractivity contribution < 1.29 is 9.47 Å². The van der Waals surface area contributed by atoms with Gasteiger partial charge >= 0.3 is 0 Å². The van der Waals surface area contributed by atoms with Gasteiger partial charge in [0.2, 0.25) is 0 Å². The Morgan fingerprint density at radius 2 is 0.656 bits per heavy atom. The largest absolute Gasteiger partial charge is 0.458 e. The maximum absolute atomic E-state index is 7.74. The van der Waals surface area contributed by atoms with Crippen molar-refractivity contribution in [3.05, 3.63) is 309 Å². The zero-order valence-corrected chi connectivity index (χ0v) is 50.7. The average molecular weight is 1170 g/mol. The fourth-order valence-corrected chi connectivity index (χ4v) is 18.1. The molecule has 0 spiro atoms. The molecule has 5 aliphatic heterocycles. The number of benzene rings is 13. The molecule has 18 rings (SSSR count). The van der Waals surface area contributed by atoms with Gasteiger partial charge in [-0.15, -0.1) is 0 Å². The maximum atomic E-state index is 7.74. The van der Waals surface area contributed by atoms with E-state index in [9.17, 15) is 0 Å². The second-order valence-electron chi connectivity index (χ2n) is 24.4. The Bertz CT molecular complexity index is 4890. The molecule has 0 amide bonds. The smallest absolute Gasteiger partial charge is 0.256 e. The number of hydrogen-bond acceptors (Lipinski definition) is 7. The van der Waals surface area contributed by atoms with E-state index in [1.54, 1.807) is 0 Å². The first-order chi connectivity index (χ1) is 44.4. The average Bonchev–Trinajstić information content (AvgIpc) is 0.720.